The summed E-state index contributed by atoms with van der Waals surface area (Å²) >= 11 is 0. The number of aromatic nitrogens is 3. The van der Waals surface area contributed by atoms with Crippen LogP contribution < -0.4 is 9.64 Å². The molecule has 3 amide bonds. The molecule has 1 aromatic heterocycles. The number of ether oxygens (including phenoxy) is 2. The lowest BCUT2D eigenvalue weighted by Crippen LogP contribution is -2.57. The van der Waals surface area contributed by atoms with Crippen molar-refractivity contribution in [2.45, 2.75) is 76.8 Å². The Labute approximate surface area is 299 Å². The van der Waals surface area contributed by atoms with Gasteiger partial charge in [0.15, 0.2) is 0 Å². The first-order valence-corrected chi connectivity index (χ1v) is 18.1. The van der Waals surface area contributed by atoms with Gasteiger partial charge in [-0.25, -0.2) is 4.68 Å². The van der Waals surface area contributed by atoms with Gasteiger partial charge in [-0.15, -0.1) is 18.3 Å². The number of unbranched alkanes of at least 4 members (excludes halogenated alkanes) is 3. The van der Waals surface area contributed by atoms with E-state index in [1.807, 2.05) is 69.3 Å². The highest BCUT2D eigenvalue weighted by Gasteiger charge is 2.80. The van der Waals surface area contributed by atoms with E-state index in [-0.39, 0.29) is 50.0 Å². The first-order valence-electron chi connectivity index (χ1n) is 18.1. The molecule has 2 aromatic carbocycles. The van der Waals surface area contributed by atoms with Crippen molar-refractivity contribution < 1.29 is 29.0 Å². The van der Waals surface area contributed by atoms with E-state index in [0.29, 0.717) is 49.4 Å². The van der Waals surface area contributed by atoms with Crippen molar-refractivity contribution in [1.82, 2.24) is 24.8 Å². The predicted octanol–water partition coefficient (Wildman–Crippen LogP) is 4.58. The second-order valence-corrected chi connectivity index (χ2v) is 14.1. The molecule has 0 radical (unpaired) electrons. The number of carbonyl (C=O) groups is 3. The molecule has 3 aromatic rings. The molecule has 0 aliphatic carbocycles. The molecule has 12 nitrogen and oxygen atoms in total. The lowest BCUT2D eigenvalue weighted by atomic mass is 9.62. The maximum Gasteiger partial charge on any atom is 0.250 e. The third kappa shape index (κ3) is 6.33. The number of para-hydroxylation sites is 1. The van der Waals surface area contributed by atoms with E-state index in [1.54, 1.807) is 31.5 Å². The minimum Gasteiger partial charge on any atom is -0.494 e. The van der Waals surface area contributed by atoms with Gasteiger partial charge in [0.25, 0.3) is 0 Å². The number of hydrogen-bond acceptors (Lipinski definition) is 8. The number of rotatable bonds is 17. The highest BCUT2D eigenvalue weighted by atomic mass is 16.5. The van der Waals surface area contributed by atoms with E-state index in [4.69, 9.17) is 9.47 Å². The first kappa shape index (κ1) is 36.2. The first-order chi connectivity index (χ1) is 24.6. The molecule has 4 heterocycles. The predicted molar refractivity (Wildman–Crippen MR) is 194 cm³/mol. The van der Waals surface area contributed by atoms with Gasteiger partial charge in [-0.05, 0) is 75.4 Å². The van der Waals surface area contributed by atoms with Crippen LogP contribution in [0.4, 0.5) is 5.69 Å². The fourth-order valence-electron chi connectivity index (χ4n) is 8.62. The Morgan fingerprint density at radius 3 is 2.49 bits per heavy atom. The van der Waals surface area contributed by atoms with E-state index in [2.05, 4.69) is 23.5 Å². The van der Waals surface area contributed by atoms with Crippen molar-refractivity contribution in [2.24, 2.45) is 17.8 Å². The van der Waals surface area contributed by atoms with E-state index >= 15 is 4.79 Å². The molecular formula is C39H50N6O6. The van der Waals surface area contributed by atoms with E-state index in [0.717, 1.165) is 18.4 Å². The number of aliphatic hydroxyl groups is 1. The van der Waals surface area contributed by atoms with E-state index < -0.39 is 29.1 Å². The molecule has 3 aliphatic heterocycles. The third-order valence-corrected chi connectivity index (χ3v) is 11.0. The Morgan fingerprint density at radius 1 is 1.06 bits per heavy atom. The average molecular weight is 699 g/mol. The number of hydrogen-bond donors (Lipinski definition) is 1. The van der Waals surface area contributed by atoms with Gasteiger partial charge >= 0.3 is 0 Å². The van der Waals surface area contributed by atoms with Crippen molar-refractivity contribution >= 4 is 34.4 Å². The van der Waals surface area contributed by atoms with Gasteiger partial charge in [-0.1, -0.05) is 49.3 Å². The van der Waals surface area contributed by atoms with Gasteiger partial charge in [-0.3, -0.25) is 14.4 Å². The molecule has 3 unspecified atom stereocenters. The third-order valence-electron chi connectivity index (χ3n) is 11.0. The number of nitrogens with zero attached hydrogens (tertiary/aromatic N) is 6. The molecule has 3 aliphatic rings. The molecule has 51 heavy (non-hydrogen) atoms. The molecule has 0 saturated carbocycles. The van der Waals surface area contributed by atoms with Crippen LogP contribution >= 0.6 is 0 Å². The number of amides is 3. The summed E-state index contributed by atoms with van der Waals surface area (Å²) in [5.74, 6) is -1.86. The van der Waals surface area contributed by atoms with Gasteiger partial charge in [0.2, 0.25) is 17.7 Å². The zero-order valence-electron chi connectivity index (χ0n) is 29.9. The summed E-state index contributed by atoms with van der Waals surface area (Å²) in [4.78, 5) is 49.8. The average Bonchev–Trinajstić information content (AvgIpc) is 3.80. The summed E-state index contributed by atoms with van der Waals surface area (Å²) in [7, 11) is 0. The molecule has 12 heteroatoms. The van der Waals surface area contributed by atoms with Crippen LogP contribution in [0.3, 0.4) is 0 Å². The van der Waals surface area contributed by atoms with E-state index in [9.17, 15) is 14.7 Å². The minimum atomic E-state index is -1.21. The molecule has 3 fully saturated rings. The normalized spacial score (nSPS) is 26.4. The molecule has 272 valence electrons. The van der Waals surface area contributed by atoms with Crippen LogP contribution in [0.2, 0.25) is 0 Å². The molecule has 2 bridgehead atoms. The van der Waals surface area contributed by atoms with E-state index in [1.165, 1.54) is 0 Å². The molecule has 3 saturated heterocycles. The Morgan fingerprint density at radius 2 is 1.78 bits per heavy atom. The lowest BCUT2D eigenvalue weighted by molar-refractivity contribution is -0.153. The minimum absolute atomic E-state index is 0.0984. The Kier molecular flexibility index (Phi) is 10.6. The quantitative estimate of drug-likeness (QED) is 0.160. The summed E-state index contributed by atoms with van der Waals surface area (Å²) in [5.41, 5.74) is -0.0529. The van der Waals surface area contributed by atoms with Crippen LogP contribution in [0, 0.1) is 17.8 Å². The van der Waals surface area contributed by atoms with Gasteiger partial charge in [0.1, 0.15) is 29.6 Å². The largest absolute Gasteiger partial charge is 0.494 e. The van der Waals surface area contributed by atoms with Crippen LogP contribution in [0.15, 0.2) is 73.8 Å². The van der Waals surface area contributed by atoms with Crippen LogP contribution in [-0.4, -0.2) is 97.7 Å². The fourth-order valence-corrected chi connectivity index (χ4v) is 8.62. The summed E-state index contributed by atoms with van der Waals surface area (Å²) in [6.45, 7) is 15.2. The highest BCUT2D eigenvalue weighted by molar-refractivity contribution is 6.03. The van der Waals surface area contributed by atoms with Crippen molar-refractivity contribution in [3.05, 3.63) is 73.8 Å². The highest BCUT2D eigenvalue weighted by Crippen LogP contribution is 2.65. The van der Waals surface area contributed by atoms with Crippen LogP contribution in [-0.2, 0) is 25.8 Å². The molecule has 6 rings (SSSR count). The Balaban J connectivity index is 1.38. The molecule has 6 atom stereocenters. The van der Waals surface area contributed by atoms with Gasteiger partial charge < -0.3 is 29.3 Å². The number of likely N-dealkylation sites (tertiary alicyclic amines) is 1. The number of aliphatic hydroxyl groups excluding tert-OH is 1. The Bertz CT molecular complexity index is 1760. The van der Waals surface area contributed by atoms with Crippen molar-refractivity contribution in [3.8, 4) is 5.75 Å². The van der Waals surface area contributed by atoms with Crippen molar-refractivity contribution in [3.63, 3.8) is 0 Å². The SMILES string of the molecule is C=CCN(Cn1nnc2ccccc21)C(=O)C1N(CCCCCCO)C(=O)[C@@H]2[C@H](C(=O)N(CC=C)c3ccc(OCC)cc3)[C@@]3(C)OC12CC3C. The summed E-state index contributed by atoms with van der Waals surface area (Å²) < 4.78 is 14.4. The second-order valence-electron chi connectivity index (χ2n) is 14.1. The van der Waals surface area contributed by atoms with Crippen molar-refractivity contribution in [2.75, 3.05) is 37.7 Å². The fraction of sp³-hybridized carbons (Fsp3) is 0.513. The van der Waals surface area contributed by atoms with Crippen LogP contribution in [0.25, 0.3) is 11.0 Å². The second kappa shape index (κ2) is 15.0. The molecular weight excluding hydrogens is 648 g/mol. The monoisotopic (exact) mass is 698 g/mol. The topological polar surface area (TPSA) is 130 Å². The standard InChI is InChI=1S/C39H50N6O6/c1-6-21-42(26-45-31-16-12-11-15-30(31)40-41-45)37(49)34-39-25-27(4)38(5,51-39)32(33(39)36(48)44(34)23-13-9-10-14-24-46)35(47)43(22-7-2)28-17-19-29(20-18-28)50-8-3/h6-7,11-12,15-20,27,32-34,46H,1-2,8-10,13-14,21-26H2,3-5H3/t27?,32-,33+,34?,38+,39?/m1/s1. The molecule has 1 N–H and O–H groups in total. The number of fused-ring (bicyclic) bond motifs is 2. The van der Waals surface area contributed by atoms with Crippen molar-refractivity contribution in [1.29, 1.82) is 0 Å². The maximum atomic E-state index is 15.0. The number of carbonyl (C=O) groups excluding carboxylic acids is 3. The Hall–Kier alpha value is -4.55. The zero-order chi connectivity index (χ0) is 36.3. The van der Waals surface area contributed by atoms with Gasteiger partial charge in [-0.2, -0.15) is 0 Å². The maximum absolute atomic E-state index is 15.0. The zero-order valence-corrected chi connectivity index (χ0v) is 29.9. The number of anilines is 1. The lowest BCUT2D eigenvalue weighted by Gasteiger charge is -2.39. The van der Waals surface area contributed by atoms with Crippen LogP contribution in [0.5, 0.6) is 5.75 Å². The smallest absolute Gasteiger partial charge is 0.250 e. The number of benzene rings is 2. The van der Waals surface area contributed by atoms with Gasteiger partial charge in [0.05, 0.1) is 29.6 Å². The molecule has 1 spiro atoms. The van der Waals surface area contributed by atoms with Gasteiger partial charge in [0, 0.05) is 31.9 Å². The summed E-state index contributed by atoms with van der Waals surface area (Å²) in [6.07, 6.45) is 6.70. The summed E-state index contributed by atoms with van der Waals surface area (Å²) in [5, 5.41) is 17.9. The summed E-state index contributed by atoms with van der Waals surface area (Å²) in [6, 6.07) is 13.9. The van der Waals surface area contributed by atoms with Crippen LogP contribution in [0.1, 0.15) is 52.9 Å².